The second-order valence-corrected chi connectivity index (χ2v) is 7.56. The molecule has 0 spiro atoms. The van der Waals surface area contributed by atoms with E-state index in [9.17, 15) is 37.4 Å². The molecule has 0 saturated heterocycles. The zero-order chi connectivity index (χ0) is 24.0. The summed E-state index contributed by atoms with van der Waals surface area (Å²) in [6, 6.07) is 6.47. The maximum atomic E-state index is 14.9. The SMILES string of the molecule is Cc1c(C(C(=O)O)C(C)C)c2c(F)c(O)ccc2n1C(=O)c1ccc(OC(F)(F)F)cc1. The molecule has 170 valence electrons. The molecule has 3 aromatic rings. The summed E-state index contributed by atoms with van der Waals surface area (Å²) >= 11 is 0. The summed E-state index contributed by atoms with van der Waals surface area (Å²) in [6.45, 7) is 4.70. The lowest BCUT2D eigenvalue weighted by molar-refractivity contribution is -0.274. The van der Waals surface area contributed by atoms with Gasteiger partial charge in [-0.2, -0.15) is 0 Å². The minimum atomic E-state index is -4.89. The van der Waals surface area contributed by atoms with E-state index >= 15 is 0 Å². The van der Waals surface area contributed by atoms with E-state index in [-0.39, 0.29) is 27.7 Å². The minimum absolute atomic E-state index is 0.0281. The number of carboxylic acids is 1. The van der Waals surface area contributed by atoms with Crippen molar-refractivity contribution in [1.82, 2.24) is 4.57 Å². The standard InChI is InChI=1S/C22H19F4NO5/c1-10(2)16(21(30)31)17-11(3)27(14-8-9-15(28)19(23)18(14)17)20(29)12-4-6-13(7-5-12)32-22(24,25)26/h4-10,16,28H,1-3H3,(H,30,31). The van der Waals surface area contributed by atoms with Gasteiger partial charge in [-0.05, 0) is 54.8 Å². The van der Waals surface area contributed by atoms with Crippen LogP contribution in [0.2, 0.25) is 0 Å². The van der Waals surface area contributed by atoms with Gasteiger partial charge in [-0.25, -0.2) is 4.39 Å². The predicted octanol–water partition coefficient (Wildman–Crippen LogP) is 5.21. The van der Waals surface area contributed by atoms with Crippen molar-refractivity contribution in [2.24, 2.45) is 5.92 Å². The van der Waals surface area contributed by atoms with Crippen LogP contribution in [-0.4, -0.2) is 33.0 Å². The third-order valence-electron chi connectivity index (χ3n) is 5.12. The number of fused-ring (bicyclic) bond motifs is 1. The largest absolute Gasteiger partial charge is 0.573 e. The predicted molar refractivity (Wildman–Crippen MR) is 106 cm³/mol. The number of phenolic OH excluding ortho intramolecular Hbond substituents is 1. The number of halogens is 4. The van der Waals surface area contributed by atoms with E-state index < -0.39 is 47.4 Å². The fourth-order valence-electron chi connectivity index (χ4n) is 3.79. The molecule has 32 heavy (non-hydrogen) atoms. The van der Waals surface area contributed by atoms with Crippen molar-refractivity contribution in [3.05, 3.63) is 59.0 Å². The molecule has 0 fully saturated rings. The molecule has 6 nitrogen and oxygen atoms in total. The normalized spacial score (nSPS) is 12.9. The van der Waals surface area contributed by atoms with Crippen LogP contribution >= 0.6 is 0 Å². The number of aromatic nitrogens is 1. The maximum Gasteiger partial charge on any atom is 0.573 e. The number of carbonyl (C=O) groups is 2. The van der Waals surface area contributed by atoms with E-state index in [1.807, 2.05) is 0 Å². The van der Waals surface area contributed by atoms with Crippen molar-refractivity contribution in [2.75, 3.05) is 0 Å². The van der Waals surface area contributed by atoms with Crippen LogP contribution < -0.4 is 4.74 Å². The van der Waals surface area contributed by atoms with E-state index in [0.29, 0.717) is 0 Å². The van der Waals surface area contributed by atoms with E-state index in [1.54, 1.807) is 13.8 Å². The molecule has 3 rings (SSSR count). The quantitative estimate of drug-likeness (QED) is 0.518. The number of phenols is 1. The number of hydrogen-bond donors (Lipinski definition) is 2. The Morgan fingerprint density at radius 2 is 1.66 bits per heavy atom. The molecule has 10 heteroatoms. The Bertz CT molecular complexity index is 1200. The Kier molecular flexibility index (Phi) is 5.90. The van der Waals surface area contributed by atoms with E-state index in [1.165, 1.54) is 13.0 Å². The van der Waals surface area contributed by atoms with Gasteiger partial charge in [0, 0.05) is 16.6 Å². The number of alkyl halides is 3. The third-order valence-corrected chi connectivity index (χ3v) is 5.12. The molecular weight excluding hydrogens is 434 g/mol. The number of benzene rings is 2. The Balaban J connectivity index is 2.21. The molecule has 2 N–H and O–H groups in total. The second kappa shape index (κ2) is 8.18. The Morgan fingerprint density at radius 1 is 1.06 bits per heavy atom. The summed E-state index contributed by atoms with van der Waals surface area (Å²) in [5.74, 6) is -5.88. The summed E-state index contributed by atoms with van der Waals surface area (Å²) < 4.78 is 56.9. The molecule has 0 bridgehead atoms. The molecule has 0 amide bonds. The highest BCUT2D eigenvalue weighted by Crippen LogP contribution is 2.40. The number of aromatic hydroxyl groups is 1. The van der Waals surface area contributed by atoms with Crippen LogP contribution in [0.15, 0.2) is 36.4 Å². The molecule has 1 aromatic heterocycles. The fourth-order valence-corrected chi connectivity index (χ4v) is 3.79. The number of aliphatic carboxylic acids is 1. The second-order valence-electron chi connectivity index (χ2n) is 7.56. The molecule has 0 aliphatic rings. The molecule has 0 aliphatic heterocycles. The number of ether oxygens (including phenoxy) is 1. The molecule has 1 atom stereocenters. The Labute approximate surface area is 179 Å². The topological polar surface area (TPSA) is 88.8 Å². The first-order valence-electron chi connectivity index (χ1n) is 9.49. The number of carboxylic acid groups (broad SMARTS) is 1. The van der Waals surface area contributed by atoms with Crippen LogP contribution in [0.4, 0.5) is 17.6 Å². The molecule has 0 radical (unpaired) electrons. The van der Waals surface area contributed by atoms with Gasteiger partial charge in [0.05, 0.1) is 11.4 Å². The van der Waals surface area contributed by atoms with Gasteiger partial charge in [0.15, 0.2) is 11.6 Å². The minimum Gasteiger partial charge on any atom is -0.505 e. The first-order chi connectivity index (χ1) is 14.8. The first-order valence-corrected chi connectivity index (χ1v) is 9.49. The average Bonchev–Trinajstić information content (AvgIpc) is 2.96. The van der Waals surface area contributed by atoms with Crippen molar-refractivity contribution in [1.29, 1.82) is 0 Å². The molecular formula is C22H19F4NO5. The first kappa shape index (κ1) is 23.1. The Hall–Kier alpha value is -3.56. The fraction of sp³-hybridized carbons (Fsp3) is 0.273. The lowest BCUT2D eigenvalue weighted by atomic mass is 9.86. The molecule has 0 aliphatic carbocycles. The average molecular weight is 453 g/mol. The Morgan fingerprint density at radius 3 is 2.16 bits per heavy atom. The van der Waals surface area contributed by atoms with Gasteiger partial charge in [-0.15, -0.1) is 13.2 Å². The van der Waals surface area contributed by atoms with Crippen molar-refractivity contribution >= 4 is 22.8 Å². The van der Waals surface area contributed by atoms with Gasteiger partial charge in [0.1, 0.15) is 5.75 Å². The van der Waals surface area contributed by atoms with Gasteiger partial charge < -0.3 is 14.9 Å². The highest BCUT2D eigenvalue weighted by Gasteiger charge is 2.34. The number of hydrogen-bond acceptors (Lipinski definition) is 4. The maximum absolute atomic E-state index is 14.9. The van der Waals surface area contributed by atoms with E-state index in [2.05, 4.69) is 4.74 Å². The summed E-state index contributed by atoms with van der Waals surface area (Å²) in [5.41, 5.74) is 0.184. The van der Waals surface area contributed by atoms with E-state index in [0.717, 1.165) is 34.9 Å². The number of nitrogens with zero attached hydrogens (tertiary/aromatic N) is 1. The summed E-state index contributed by atoms with van der Waals surface area (Å²) in [6.07, 6.45) is -4.89. The number of carbonyl (C=O) groups excluding carboxylic acids is 1. The zero-order valence-corrected chi connectivity index (χ0v) is 17.2. The molecule has 1 heterocycles. The van der Waals surface area contributed by atoms with E-state index in [4.69, 9.17) is 0 Å². The van der Waals surface area contributed by atoms with Crippen LogP contribution in [0.3, 0.4) is 0 Å². The lowest BCUT2D eigenvalue weighted by Gasteiger charge is -2.17. The van der Waals surface area contributed by atoms with Crippen LogP contribution in [0.5, 0.6) is 11.5 Å². The highest BCUT2D eigenvalue weighted by atomic mass is 19.4. The summed E-state index contributed by atoms with van der Waals surface area (Å²) in [5, 5.41) is 19.4. The van der Waals surface area contributed by atoms with Gasteiger partial charge in [-0.1, -0.05) is 13.8 Å². The van der Waals surface area contributed by atoms with Crippen molar-refractivity contribution in [2.45, 2.75) is 33.1 Å². The summed E-state index contributed by atoms with van der Waals surface area (Å²) in [7, 11) is 0. The zero-order valence-electron chi connectivity index (χ0n) is 17.2. The van der Waals surface area contributed by atoms with Crippen LogP contribution in [-0.2, 0) is 4.79 Å². The van der Waals surface area contributed by atoms with Crippen LogP contribution in [0, 0.1) is 18.7 Å². The monoisotopic (exact) mass is 453 g/mol. The van der Waals surface area contributed by atoms with Crippen LogP contribution in [0.25, 0.3) is 10.9 Å². The van der Waals surface area contributed by atoms with Gasteiger partial charge in [-0.3, -0.25) is 14.2 Å². The molecule has 2 aromatic carbocycles. The lowest BCUT2D eigenvalue weighted by Crippen LogP contribution is -2.20. The van der Waals surface area contributed by atoms with Crippen LogP contribution in [0.1, 0.15) is 41.4 Å². The summed E-state index contributed by atoms with van der Waals surface area (Å²) in [4.78, 5) is 25.2. The van der Waals surface area contributed by atoms with Gasteiger partial charge in [0.2, 0.25) is 0 Å². The van der Waals surface area contributed by atoms with Crippen molar-refractivity contribution in [3.63, 3.8) is 0 Å². The van der Waals surface area contributed by atoms with Crippen molar-refractivity contribution < 1.29 is 42.1 Å². The van der Waals surface area contributed by atoms with Gasteiger partial charge in [0.25, 0.3) is 5.91 Å². The van der Waals surface area contributed by atoms with Gasteiger partial charge >= 0.3 is 12.3 Å². The highest BCUT2D eigenvalue weighted by molar-refractivity contribution is 6.05. The van der Waals surface area contributed by atoms with Crippen molar-refractivity contribution in [3.8, 4) is 11.5 Å². The smallest absolute Gasteiger partial charge is 0.505 e. The number of rotatable bonds is 5. The molecule has 1 unspecified atom stereocenters. The molecule has 0 saturated carbocycles. The third kappa shape index (κ3) is 4.12.